The van der Waals surface area contributed by atoms with E-state index in [4.69, 9.17) is 14.2 Å². The molecule has 1 atom stereocenters. The van der Waals surface area contributed by atoms with Gasteiger partial charge in [0, 0.05) is 42.8 Å². The molecule has 0 amide bonds. The van der Waals surface area contributed by atoms with E-state index in [9.17, 15) is 9.59 Å². The lowest BCUT2D eigenvalue weighted by molar-refractivity contribution is -0.0680. The third kappa shape index (κ3) is 5.72. The Morgan fingerprint density at radius 2 is 1.78 bits per heavy atom. The second-order valence-electron chi connectivity index (χ2n) is 12.7. The summed E-state index contributed by atoms with van der Waals surface area (Å²) in [7, 11) is 3.11. The molecule has 2 aromatic carbocycles. The molecule has 41 heavy (non-hydrogen) atoms. The van der Waals surface area contributed by atoms with Gasteiger partial charge in [-0.05, 0) is 94.4 Å². The Labute approximate surface area is 243 Å². The van der Waals surface area contributed by atoms with Crippen molar-refractivity contribution in [1.29, 1.82) is 0 Å². The SMILES string of the molecule is CCN1CC2(CCN(Cc3c(OC)cc(C)c4c3ccn4C(=O)OC(C)(C)C)C(c3ccc(C(=O)OC)cc3)C2)C1. The Hall–Kier alpha value is -3.36. The summed E-state index contributed by atoms with van der Waals surface area (Å²) < 4.78 is 18.2. The molecule has 5 rings (SSSR count). The quantitative estimate of drug-likeness (QED) is 0.333. The largest absolute Gasteiger partial charge is 0.496 e. The van der Waals surface area contributed by atoms with E-state index in [0.29, 0.717) is 17.5 Å². The summed E-state index contributed by atoms with van der Waals surface area (Å²) >= 11 is 0. The molecular weight excluding hydrogens is 518 g/mol. The maximum atomic E-state index is 13.1. The van der Waals surface area contributed by atoms with E-state index < -0.39 is 5.60 Å². The van der Waals surface area contributed by atoms with E-state index in [1.165, 1.54) is 12.7 Å². The molecule has 2 aliphatic rings. The topological polar surface area (TPSA) is 73.2 Å². The number of piperidine rings is 1. The van der Waals surface area contributed by atoms with Crippen LogP contribution in [-0.2, 0) is 16.0 Å². The van der Waals surface area contributed by atoms with Crippen molar-refractivity contribution in [2.45, 2.75) is 65.6 Å². The van der Waals surface area contributed by atoms with E-state index in [1.54, 1.807) is 17.9 Å². The Morgan fingerprint density at radius 1 is 1.07 bits per heavy atom. The van der Waals surface area contributed by atoms with Crippen molar-refractivity contribution >= 4 is 23.0 Å². The Bertz CT molecular complexity index is 1430. The zero-order chi connectivity index (χ0) is 29.5. The molecule has 8 heteroatoms. The molecular formula is C33H43N3O5. The summed E-state index contributed by atoms with van der Waals surface area (Å²) in [6.07, 6.45) is 3.60. The van der Waals surface area contributed by atoms with E-state index in [2.05, 4.69) is 28.9 Å². The van der Waals surface area contributed by atoms with Crippen molar-refractivity contribution in [3.8, 4) is 5.75 Å². The maximum absolute atomic E-state index is 13.1. The third-order valence-electron chi connectivity index (χ3n) is 8.68. The molecule has 2 fully saturated rings. The lowest BCUT2D eigenvalue weighted by Gasteiger charge is -2.56. The summed E-state index contributed by atoms with van der Waals surface area (Å²) in [4.78, 5) is 30.2. The minimum atomic E-state index is -0.591. The standard InChI is InChI=1S/C33H43N3O5/c1-8-34-20-33(21-34)14-16-35(27(18-33)23-9-11-24(12-10-23)30(37)40-7)19-26-25-13-15-36(31(38)41-32(3,4)5)29(25)22(2)17-28(26)39-6/h9-13,15,17,27H,8,14,16,18-21H2,1-7H3. The average Bonchev–Trinajstić information content (AvgIpc) is 3.38. The van der Waals surface area contributed by atoms with Gasteiger partial charge in [0.25, 0.3) is 0 Å². The number of fused-ring (bicyclic) bond motifs is 1. The zero-order valence-electron chi connectivity index (χ0n) is 25.5. The van der Waals surface area contributed by atoms with Crippen molar-refractivity contribution in [3.63, 3.8) is 0 Å². The zero-order valence-corrected chi connectivity index (χ0v) is 25.5. The van der Waals surface area contributed by atoms with Gasteiger partial charge in [-0.2, -0.15) is 0 Å². The highest BCUT2D eigenvalue weighted by molar-refractivity contribution is 5.95. The van der Waals surface area contributed by atoms with Crippen molar-refractivity contribution in [2.75, 3.05) is 40.4 Å². The first-order valence-corrected chi connectivity index (χ1v) is 14.5. The van der Waals surface area contributed by atoms with Crippen LogP contribution < -0.4 is 4.74 Å². The predicted molar refractivity (Wildman–Crippen MR) is 160 cm³/mol. The average molecular weight is 562 g/mol. The second kappa shape index (κ2) is 11.1. The van der Waals surface area contributed by atoms with Crippen molar-refractivity contribution in [1.82, 2.24) is 14.4 Å². The van der Waals surface area contributed by atoms with Crippen LogP contribution in [0.5, 0.6) is 5.75 Å². The number of likely N-dealkylation sites (tertiary alicyclic amines) is 2. The molecule has 3 aromatic rings. The van der Waals surface area contributed by atoms with Crippen LogP contribution >= 0.6 is 0 Å². The van der Waals surface area contributed by atoms with Gasteiger partial charge < -0.3 is 19.1 Å². The molecule has 0 N–H and O–H groups in total. The predicted octanol–water partition coefficient (Wildman–Crippen LogP) is 6.19. The molecule has 0 bridgehead atoms. The molecule has 0 aliphatic carbocycles. The van der Waals surface area contributed by atoms with Gasteiger partial charge >= 0.3 is 12.1 Å². The van der Waals surface area contributed by atoms with Crippen LogP contribution in [0.4, 0.5) is 4.79 Å². The summed E-state index contributed by atoms with van der Waals surface area (Å²) in [5, 5.41) is 0.994. The lowest BCUT2D eigenvalue weighted by Crippen LogP contribution is -2.60. The van der Waals surface area contributed by atoms with Crippen molar-refractivity contribution in [3.05, 3.63) is 64.8 Å². The highest BCUT2D eigenvalue weighted by Crippen LogP contribution is 2.48. The molecule has 1 spiro atoms. The van der Waals surface area contributed by atoms with Crippen LogP contribution in [-0.4, -0.2) is 72.4 Å². The second-order valence-corrected chi connectivity index (χ2v) is 12.7. The van der Waals surface area contributed by atoms with Crippen LogP contribution in [0.25, 0.3) is 10.9 Å². The number of ether oxygens (including phenoxy) is 3. The molecule has 0 radical (unpaired) electrons. The summed E-state index contributed by atoms with van der Waals surface area (Å²) in [5.41, 5.74) is 4.33. The Kier molecular flexibility index (Phi) is 7.92. The molecule has 0 saturated carbocycles. The fraction of sp³-hybridized carbons (Fsp3) is 0.515. The van der Waals surface area contributed by atoms with Crippen molar-refractivity contribution < 1.29 is 23.8 Å². The van der Waals surface area contributed by atoms with Crippen LogP contribution in [0.2, 0.25) is 0 Å². The summed E-state index contributed by atoms with van der Waals surface area (Å²) in [6.45, 7) is 14.8. The first kappa shape index (κ1) is 29.1. The van der Waals surface area contributed by atoms with E-state index in [0.717, 1.165) is 66.8 Å². The number of rotatable bonds is 6. The molecule has 1 aromatic heterocycles. The third-order valence-corrected chi connectivity index (χ3v) is 8.68. The van der Waals surface area contributed by atoms with Gasteiger partial charge in [0.1, 0.15) is 11.4 Å². The van der Waals surface area contributed by atoms with Crippen LogP contribution in [0, 0.1) is 12.3 Å². The summed E-state index contributed by atoms with van der Waals surface area (Å²) in [5.74, 6) is 0.491. The van der Waals surface area contributed by atoms with Crippen LogP contribution in [0.15, 0.2) is 42.6 Å². The molecule has 2 saturated heterocycles. The minimum Gasteiger partial charge on any atom is -0.496 e. The number of hydrogen-bond acceptors (Lipinski definition) is 7. The number of benzene rings is 2. The number of carbonyl (C=O) groups excluding carboxylic acids is 2. The summed E-state index contributed by atoms with van der Waals surface area (Å²) in [6, 6.07) is 12.1. The Morgan fingerprint density at radius 3 is 2.39 bits per heavy atom. The number of hydrogen-bond donors (Lipinski definition) is 0. The van der Waals surface area contributed by atoms with Gasteiger partial charge in [-0.25, -0.2) is 9.59 Å². The van der Waals surface area contributed by atoms with Crippen LogP contribution in [0.3, 0.4) is 0 Å². The number of aryl methyl sites for hydroxylation is 1. The minimum absolute atomic E-state index is 0.184. The first-order valence-electron chi connectivity index (χ1n) is 14.5. The lowest BCUT2D eigenvalue weighted by atomic mass is 9.68. The molecule has 220 valence electrons. The number of esters is 1. The van der Waals surface area contributed by atoms with Gasteiger partial charge in [0.15, 0.2) is 0 Å². The highest BCUT2D eigenvalue weighted by Gasteiger charge is 2.47. The van der Waals surface area contributed by atoms with Gasteiger partial charge in [0.2, 0.25) is 0 Å². The van der Waals surface area contributed by atoms with Gasteiger partial charge in [0.05, 0.1) is 25.3 Å². The molecule has 3 heterocycles. The van der Waals surface area contributed by atoms with Gasteiger partial charge in [-0.15, -0.1) is 0 Å². The Balaban J connectivity index is 1.51. The van der Waals surface area contributed by atoms with E-state index in [-0.39, 0.29) is 18.1 Å². The van der Waals surface area contributed by atoms with E-state index in [1.807, 2.05) is 52.0 Å². The molecule has 1 unspecified atom stereocenters. The van der Waals surface area contributed by atoms with Crippen LogP contribution in [0.1, 0.15) is 73.6 Å². The molecule has 8 nitrogen and oxygen atoms in total. The first-order chi connectivity index (χ1) is 19.5. The number of carbonyl (C=O) groups is 2. The van der Waals surface area contributed by atoms with E-state index >= 15 is 0 Å². The smallest absolute Gasteiger partial charge is 0.419 e. The fourth-order valence-electron chi connectivity index (χ4n) is 6.64. The molecule has 2 aliphatic heterocycles. The normalized spacial score (nSPS) is 19.2. The van der Waals surface area contributed by atoms with Gasteiger partial charge in [-0.1, -0.05) is 19.1 Å². The number of nitrogens with zero attached hydrogens (tertiary/aromatic N) is 3. The number of methoxy groups -OCH3 is 2. The number of aromatic nitrogens is 1. The highest BCUT2D eigenvalue weighted by atomic mass is 16.6. The van der Waals surface area contributed by atoms with Gasteiger partial charge in [-0.3, -0.25) is 9.47 Å². The maximum Gasteiger partial charge on any atom is 0.419 e. The monoisotopic (exact) mass is 561 g/mol. The van der Waals surface area contributed by atoms with Crippen molar-refractivity contribution in [2.24, 2.45) is 5.41 Å². The fourth-order valence-corrected chi connectivity index (χ4v) is 6.64.